The van der Waals surface area contributed by atoms with Gasteiger partial charge in [0, 0.05) is 34.8 Å². The Morgan fingerprint density at radius 1 is 1.19 bits per heavy atom. The molecule has 1 saturated carbocycles. The summed E-state index contributed by atoms with van der Waals surface area (Å²) in [6, 6.07) is 7.45. The van der Waals surface area contributed by atoms with Crippen LogP contribution in [0, 0.1) is 31.6 Å². The third-order valence-corrected chi connectivity index (χ3v) is 5.90. The van der Waals surface area contributed by atoms with E-state index in [0.717, 1.165) is 17.1 Å². The largest absolute Gasteiger partial charge is 0.380 e. The number of hydrogen-bond acceptors (Lipinski definition) is 3. The molecule has 4 rings (SSSR count). The molecule has 1 aromatic carbocycles. The molecule has 1 N–H and O–H groups in total. The number of halogens is 2. The second-order valence-corrected chi connectivity index (χ2v) is 7.60. The molecule has 1 aromatic heterocycles. The van der Waals surface area contributed by atoms with Crippen LogP contribution in [0.4, 0.5) is 14.5 Å². The van der Waals surface area contributed by atoms with Gasteiger partial charge >= 0.3 is 0 Å². The van der Waals surface area contributed by atoms with Gasteiger partial charge in [-0.3, -0.25) is 4.79 Å². The van der Waals surface area contributed by atoms with Gasteiger partial charge in [-0.1, -0.05) is 0 Å². The van der Waals surface area contributed by atoms with Crippen molar-refractivity contribution in [3.05, 3.63) is 42.0 Å². The predicted molar refractivity (Wildman–Crippen MR) is 97.1 cm³/mol. The van der Waals surface area contributed by atoms with Gasteiger partial charge in [0.1, 0.15) is 0 Å². The van der Waals surface area contributed by atoms with Crippen LogP contribution in [-0.2, 0) is 9.53 Å². The SMILES string of the molecule is Cc1ncn(-c2ccc(NC(=O)C3CC4COCC(C3)C4(F)F)cc2)c1C. The smallest absolute Gasteiger partial charge is 0.258 e. The van der Waals surface area contributed by atoms with Gasteiger partial charge in [0.05, 0.1) is 25.2 Å². The maximum Gasteiger partial charge on any atom is 0.258 e. The number of imidazole rings is 1. The molecule has 2 bridgehead atoms. The van der Waals surface area contributed by atoms with E-state index in [1.807, 2.05) is 42.7 Å². The van der Waals surface area contributed by atoms with E-state index in [1.54, 1.807) is 6.33 Å². The molecule has 2 unspecified atom stereocenters. The van der Waals surface area contributed by atoms with E-state index in [9.17, 15) is 13.6 Å². The minimum absolute atomic E-state index is 0.0334. The lowest BCUT2D eigenvalue weighted by Crippen LogP contribution is -2.52. The minimum Gasteiger partial charge on any atom is -0.380 e. The number of aryl methyl sites for hydroxylation is 1. The third-order valence-electron chi connectivity index (χ3n) is 5.90. The number of nitrogens with one attached hydrogen (secondary N) is 1. The summed E-state index contributed by atoms with van der Waals surface area (Å²) in [6.45, 7) is 4.02. The second-order valence-electron chi connectivity index (χ2n) is 7.60. The monoisotopic (exact) mass is 375 g/mol. The van der Waals surface area contributed by atoms with Crippen molar-refractivity contribution in [3.63, 3.8) is 0 Å². The average molecular weight is 375 g/mol. The molecule has 7 heteroatoms. The van der Waals surface area contributed by atoms with Crippen molar-refractivity contribution in [2.75, 3.05) is 18.5 Å². The van der Waals surface area contributed by atoms with Crippen molar-refractivity contribution in [2.24, 2.45) is 17.8 Å². The summed E-state index contributed by atoms with van der Waals surface area (Å²) in [5.41, 5.74) is 3.65. The van der Waals surface area contributed by atoms with Crippen molar-refractivity contribution >= 4 is 11.6 Å². The summed E-state index contributed by atoms with van der Waals surface area (Å²) in [4.78, 5) is 16.9. The first-order valence-corrected chi connectivity index (χ1v) is 9.23. The molecule has 144 valence electrons. The van der Waals surface area contributed by atoms with Crippen LogP contribution in [0.25, 0.3) is 5.69 Å². The summed E-state index contributed by atoms with van der Waals surface area (Å²) >= 11 is 0. The molecule has 27 heavy (non-hydrogen) atoms. The van der Waals surface area contributed by atoms with E-state index in [4.69, 9.17) is 4.74 Å². The molecule has 2 fully saturated rings. The molecule has 1 saturated heterocycles. The molecule has 2 atom stereocenters. The fraction of sp³-hybridized carbons (Fsp3) is 0.500. The lowest BCUT2D eigenvalue weighted by Gasteiger charge is -2.44. The number of carbonyl (C=O) groups excluding carboxylic acids is 1. The Bertz CT molecular complexity index is 831. The van der Waals surface area contributed by atoms with Crippen LogP contribution in [0.1, 0.15) is 24.2 Å². The quantitative estimate of drug-likeness (QED) is 0.889. The van der Waals surface area contributed by atoms with Gasteiger partial charge < -0.3 is 14.6 Å². The number of hydrogen-bond donors (Lipinski definition) is 1. The zero-order valence-corrected chi connectivity index (χ0v) is 15.4. The number of carbonyl (C=O) groups is 1. The topological polar surface area (TPSA) is 56.2 Å². The number of amides is 1. The van der Waals surface area contributed by atoms with Crippen LogP contribution < -0.4 is 5.32 Å². The predicted octanol–water partition coefficient (Wildman–Crippen LogP) is 3.74. The summed E-state index contributed by atoms with van der Waals surface area (Å²) in [5, 5.41) is 2.88. The van der Waals surface area contributed by atoms with E-state index < -0.39 is 23.7 Å². The van der Waals surface area contributed by atoms with Crippen LogP contribution in [0.15, 0.2) is 30.6 Å². The van der Waals surface area contributed by atoms with E-state index in [2.05, 4.69) is 10.3 Å². The van der Waals surface area contributed by atoms with Gasteiger partial charge in [0.25, 0.3) is 5.92 Å². The number of anilines is 1. The second kappa shape index (κ2) is 6.71. The molecule has 1 aliphatic heterocycles. The van der Waals surface area contributed by atoms with E-state index >= 15 is 0 Å². The average Bonchev–Trinajstić information content (AvgIpc) is 2.94. The number of benzene rings is 1. The molecular weight excluding hydrogens is 352 g/mol. The van der Waals surface area contributed by atoms with Crippen molar-refractivity contribution in [3.8, 4) is 5.69 Å². The molecule has 2 heterocycles. The Morgan fingerprint density at radius 2 is 1.81 bits per heavy atom. The molecule has 5 nitrogen and oxygen atoms in total. The van der Waals surface area contributed by atoms with Crippen LogP contribution in [0.2, 0.25) is 0 Å². The third kappa shape index (κ3) is 3.25. The minimum atomic E-state index is -2.72. The Labute approximate surface area is 156 Å². The summed E-state index contributed by atoms with van der Waals surface area (Å²) in [5.74, 6) is -5.05. The summed E-state index contributed by atoms with van der Waals surface area (Å²) < 4.78 is 35.6. The number of fused-ring (bicyclic) bond motifs is 2. The van der Waals surface area contributed by atoms with Gasteiger partial charge in [0.2, 0.25) is 5.91 Å². The van der Waals surface area contributed by atoms with Gasteiger partial charge in [-0.2, -0.15) is 0 Å². The Morgan fingerprint density at radius 3 is 2.37 bits per heavy atom. The summed E-state index contributed by atoms with van der Waals surface area (Å²) in [7, 11) is 0. The molecule has 2 aromatic rings. The van der Waals surface area contributed by atoms with Crippen LogP contribution in [0.5, 0.6) is 0 Å². The maximum absolute atomic E-state index is 14.2. The number of ether oxygens (including phenoxy) is 1. The summed E-state index contributed by atoms with van der Waals surface area (Å²) in [6.07, 6.45) is 2.10. The van der Waals surface area contributed by atoms with Gasteiger partial charge in [-0.25, -0.2) is 13.8 Å². The van der Waals surface area contributed by atoms with E-state index in [1.165, 1.54) is 0 Å². The molecule has 1 aliphatic carbocycles. The molecule has 1 amide bonds. The lowest BCUT2D eigenvalue weighted by atomic mass is 9.71. The highest BCUT2D eigenvalue weighted by Gasteiger charge is 2.55. The fourth-order valence-corrected chi connectivity index (χ4v) is 4.06. The number of nitrogens with zero attached hydrogens (tertiary/aromatic N) is 2. The van der Waals surface area contributed by atoms with Crippen LogP contribution >= 0.6 is 0 Å². The molecule has 2 aliphatic rings. The first-order chi connectivity index (χ1) is 12.9. The highest BCUT2D eigenvalue weighted by molar-refractivity contribution is 5.92. The zero-order valence-electron chi connectivity index (χ0n) is 15.4. The van der Waals surface area contributed by atoms with Gasteiger partial charge in [-0.05, 0) is 51.0 Å². The Kier molecular flexibility index (Phi) is 4.50. The van der Waals surface area contributed by atoms with Gasteiger partial charge in [0.15, 0.2) is 0 Å². The highest BCUT2D eigenvalue weighted by atomic mass is 19.3. The number of aromatic nitrogens is 2. The van der Waals surface area contributed by atoms with Crippen molar-refractivity contribution in [1.29, 1.82) is 0 Å². The molecule has 0 radical (unpaired) electrons. The number of rotatable bonds is 3. The molecular formula is C20H23F2N3O2. The highest BCUT2D eigenvalue weighted by Crippen LogP contribution is 2.48. The van der Waals surface area contributed by atoms with E-state index in [-0.39, 0.29) is 32.0 Å². The van der Waals surface area contributed by atoms with Crippen molar-refractivity contribution < 1.29 is 18.3 Å². The molecule has 0 spiro atoms. The van der Waals surface area contributed by atoms with Crippen LogP contribution in [-0.4, -0.2) is 34.6 Å². The van der Waals surface area contributed by atoms with E-state index in [0.29, 0.717) is 5.69 Å². The Balaban J connectivity index is 1.44. The zero-order chi connectivity index (χ0) is 19.2. The Hall–Kier alpha value is -2.28. The van der Waals surface area contributed by atoms with Gasteiger partial charge in [-0.15, -0.1) is 0 Å². The van der Waals surface area contributed by atoms with Crippen molar-refractivity contribution in [2.45, 2.75) is 32.6 Å². The fourth-order valence-electron chi connectivity index (χ4n) is 4.06. The standard InChI is InChI=1S/C20H23F2N3O2/c1-12-13(2)25(11-23-12)18-5-3-17(4-6-18)24-19(26)14-7-15-9-27-10-16(8-14)20(15,21)22/h3-6,11,14-16H,7-10H2,1-2H3,(H,24,26). The first kappa shape index (κ1) is 18.1. The maximum atomic E-state index is 14.2. The van der Waals surface area contributed by atoms with Crippen molar-refractivity contribution in [1.82, 2.24) is 9.55 Å². The normalized spacial score (nSPS) is 26.6. The first-order valence-electron chi connectivity index (χ1n) is 9.23. The lowest BCUT2D eigenvalue weighted by molar-refractivity contribution is -0.212. The van der Waals surface area contributed by atoms with Crippen LogP contribution in [0.3, 0.4) is 0 Å². The number of alkyl halides is 2.